The quantitative estimate of drug-likeness (QED) is 0.482. The van der Waals surface area contributed by atoms with E-state index in [0.717, 1.165) is 21.8 Å². The fraction of sp³-hybridized carbons (Fsp3) is 0.167. The van der Waals surface area contributed by atoms with Crippen molar-refractivity contribution in [3.63, 3.8) is 0 Å². The summed E-state index contributed by atoms with van der Waals surface area (Å²) >= 11 is -1.60. The highest BCUT2D eigenvalue weighted by Gasteiger charge is 2.25. The van der Waals surface area contributed by atoms with Gasteiger partial charge in [0.1, 0.15) is 0 Å². The molecule has 0 radical (unpaired) electrons. The molecule has 2 rings (SSSR count). The fourth-order valence-corrected chi connectivity index (χ4v) is 3.48. The zero-order chi connectivity index (χ0) is 13.8. The van der Waals surface area contributed by atoms with Gasteiger partial charge < -0.3 is 4.55 Å². The Bertz CT molecular complexity index is 583. The summed E-state index contributed by atoms with van der Waals surface area (Å²) in [5.74, 6) is 0. The van der Waals surface area contributed by atoms with Gasteiger partial charge in [0.2, 0.25) is 0 Å². The largest absolute Gasteiger partial charge is 0.767 e. The fourth-order valence-electron chi connectivity index (χ4n) is 1.69. The van der Waals surface area contributed by atoms with Crippen molar-refractivity contribution in [2.24, 2.45) is 0 Å². The van der Waals surface area contributed by atoms with Crippen molar-refractivity contribution < 1.29 is 13.7 Å². The molecule has 0 spiro atoms. The third kappa shape index (κ3) is 3.46. The van der Waals surface area contributed by atoms with Gasteiger partial charge in [-0.25, -0.2) is 0 Å². The Morgan fingerprint density at radius 3 is 2.47 bits per heavy atom. The first kappa shape index (κ1) is 13.9. The van der Waals surface area contributed by atoms with E-state index in [1.54, 1.807) is 6.07 Å². The molecule has 0 aliphatic carbocycles. The van der Waals surface area contributed by atoms with Crippen LogP contribution in [-0.4, -0.2) is 13.7 Å². The SMILES string of the molecule is O=[N+]([O-])C(c1ccc(Cc2ccccc2)s1)S(=O)[O-]. The molecule has 1 aromatic carbocycles. The van der Waals surface area contributed by atoms with E-state index in [9.17, 15) is 18.9 Å². The maximum atomic E-state index is 10.9. The normalized spacial score (nSPS) is 13.9. The molecule has 0 bridgehead atoms. The second-order valence-electron chi connectivity index (χ2n) is 3.86. The Labute approximate surface area is 116 Å². The standard InChI is InChI=1S/C12H11NO4S2/c14-13(15)12(19(16)17)11-7-6-10(18-11)8-9-4-2-1-3-5-9/h1-7,12H,8H2,(H,16,17)/p-1. The van der Waals surface area contributed by atoms with Crippen molar-refractivity contribution in [2.75, 3.05) is 0 Å². The number of nitrogens with zero attached hydrogens (tertiary/aromatic N) is 1. The summed E-state index contributed by atoms with van der Waals surface area (Å²) in [5.41, 5.74) is 1.08. The van der Waals surface area contributed by atoms with Gasteiger partial charge >= 0.3 is 5.37 Å². The van der Waals surface area contributed by atoms with Crippen LogP contribution in [0.2, 0.25) is 0 Å². The Hall–Kier alpha value is -1.57. The molecule has 0 aliphatic heterocycles. The van der Waals surface area contributed by atoms with Crippen LogP contribution >= 0.6 is 11.3 Å². The molecule has 7 heteroatoms. The van der Waals surface area contributed by atoms with Gasteiger partial charge in [0, 0.05) is 27.3 Å². The molecular weight excluding hydrogens is 286 g/mol. The zero-order valence-electron chi connectivity index (χ0n) is 9.72. The third-order valence-corrected chi connectivity index (χ3v) is 4.60. The lowest BCUT2D eigenvalue weighted by Gasteiger charge is -2.09. The molecule has 1 heterocycles. The summed E-state index contributed by atoms with van der Waals surface area (Å²) in [6.07, 6.45) is 0.640. The van der Waals surface area contributed by atoms with Crippen molar-refractivity contribution in [3.05, 3.63) is 67.9 Å². The lowest BCUT2D eigenvalue weighted by molar-refractivity contribution is -0.502. The van der Waals surface area contributed by atoms with E-state index in [1.807, 2.05) is 30.3 Å². The molecule has 0 fully saturated rings. The number of hydrogen-bond acceptors (Lipinski definition) is 5. The summed E-state index contributed by atoms with van der Waals surface area (Å²) < 4.78 is 21.7. The van der Waals surface area contributed by atoms with Crippen molar-refractivity contribution >= 4 is 22.4 Å². The smallest absolute Gasteiger partial charge is 0.307 e. The molecule has 100 valence electrons. The lowest BCUT2D eigenvalue weighted by Crippen LogP contribution is -2.14. The highest BCUT2D eigenvalue weighted by molar-refractivity contribution is 7.79. The molecule has 2 unspecified atom stereocenters. The van der Waals surface area contributed by atoms with Gasteiger partial charge in [0.15, 0.2) is 0 Å². The van der Waals surface area contributed by atoms with Crippen LogP contribution in [0.3, 0.4) is 0 Å². The van der Waals surface area contributed by atoms with Crippen LogP contribution in [0.4, 0.5) is 0 Å². The Balaban J connectivity index is 2.19. The van der Waals surface area contributed by atoms with E-state index < -0.39 is 21.4 Å². The van der Waals surface area contributed by atoms with Crippen molar-refractivity contribution in [3.8, 4) is 0 Å². The van der Waals surface area contributed by atoms with Crippen LogP contribution in [0.25, 0.3) is 0 Å². The minimum Gasteiger partial charge on any atom is -0.767 e. The second kappa shape index (κ2) is 6.05. The first-order valence-electron chi connectivity index (χ1n) is 5.42. The molecule has 2 atom stereocenters. The van der Waals surface area contributed by atoms with Crippen LogP contribution < -0.4 is 0 Å². The summed E-state index contributed by atoms with van der Waals surface area (Å²) in [7, 11) is 0. The number of nitro groups is 1. The minimum atomic E-state index is -2.76. The van der Waals surface area contributed by atoms with Gasteiger partial charge in [-0.3, -0.25) is 14.3 Å². The average Bonchev–Trinajstić information content (AvgIpc) is 2.77. The third-order valence-electron chi connectivity index (χ3n) is 2.52. The molecule has 5 nitrogen and oxygen atoms in total. The number of rotatable bonds is 5. The van der Waals surface area contributed by atoms with Gasteiger partial charge in [-0.05, 0) is 17.7 Å². The summed E-state index contributed by atoms with van der Waals surface area (Å²) in [6.45, 7) is 0. The highest BCUT2D eigenvalue weighted by Crippen LogP contribution is 2.28. The molecule has 1 aromatic heterocycles. The van der Waals surface area contributed by atoms with E-state index in [1.165, 1.54) is 6.07 Å². The predicted molar refractivity (Wildman–Crippen MR) is 72.2 cm³/mol. The molecular formula is C12H10NO4S2-. The zero-order valence-corrected chi connectivity index (χ0v) is 11.4. The number of benzene rings is 1. The van der Waals surface area contributed by atoms with Gasteiger partial charge in [-0.2, -0.15) is 0 Å². The first-order chi connectivity index (χ1) is 9.08. The van der Waals surface area contributed by atoms with E-state index in [-0.39, 0.29) is 4.88 Å². The Kier molecular flexibility index (Phi) is 4.41. The topological polar surface area (TPSA) is 83.3 Å². The summed E-state index contributed by atoms with van der Waals surface area (Å²) in [5, 5.41) is 9.06. The van der Waals surface area contributed by atoms with Gasteiger partial charge in [-0.1, -0.05) is 30.3 Å². The molecule has 0 saturated carbocycles. The number of thiophene rings is 1. The molecule has 19 heavy (non-hydrogen) atoms. The van der Waals surface area contributed by atoms with Crippen LogP contribution in [0, 0.1) is 10.1 Å². The maximum Gasteiger partial charge on any atom is 0.307 e. The molecule has 0 amide bonds. The molecule has 2 aromatic rings. The minimum absolute atomic E-state index is 0.240. The van der Waals surface area contributed by atoms with Gasteiger partial charge in [0.05, 0.1) is 4.88 Å². The highest BCUT2D eigenvalue weighted by atomic mass is 32.2. The van der Waals surface area contributed by atoms with Gasteiger partial charge in [0.25, 0.3) is 0 Å². The Morgan fingerprint density at radius 2 is 1.89 bits per heavy atom. The maximum absolute atomic E-state index is 10.9. The molecule has 0 saturated heterocycles. The van der Waals surface area contributed by atoms with Crippen molar-refractivity contribution in [1.82, 2.24) is 0 Å². The summed E-state index contributed by atoms with van der Waals surface area (Å²) in [6, 6.07) is 12.9. The first-order valence-corrected chi connectivity index (χ1v) is 7.37. The monoisotopic (exact) mass is 296 g/mol. The molecule has 0 N–H and O–H groups in total. The predicted octanol–water partition coefficient (Wildman–Crippen LogP) is 2.49. The van der Waals surface area contributed by atoms with E-state index in [0.29, 0.717) is 6.42 Å². The van der Waals surface area contributed by atoms with Crippen LogP contribution in [0.15, 0.2) is 42.5 Å². The second-order valence-corrected chi connectivity index (χ2v) is 6.03. The van der Waals surface area contributed by atoms with E-state index in [4.69, 9.17) is 0 Å². The van der Waals surface area contributed by atoms with E-state index in [2.05, 4.69) is 0 Å². The van der Waals surface area contributed by atoms with Crippen LogP contribution in [0.1, 0.15) is 20.7 Å². The Morgan fingerprint density at radius 1 is 1.21 bits per heavy atom. The van der Waals surface area contributed by atoms with Crippen molar-refractivity contribution in [1.29, 1.82) is 0 Å². The van der Waals surface area contributed by atoms with Crippen LogP contribution in [-0.2, 0) is 17.5 Å². The van der Waals surface area contributed by atoms with E-state index >= 15 is 0 Å². The summed E-state index contributed by atoms with van der Waals surface area (Å²) in [4.78, 5) is 11.1. The molecule has 0 aliphatic rings. The lowest BCUT2D eigenvalue weighted by atomic mass is 10.1. The van der Waals surface area contributed by atoms with Gasteiger partial charge in [-0.15, -0.1) is 11.3 Å². The van der Waals surface area contributed by atoms with Crippen molar-refractivity contribution in [2.45, 2.75) is 11.8 Å². The number of hydrogen-bond donors (Lipinski definition) is 0. The van der Waals surface area contributed by atoms with Crippen LogP contribution in [0.5, 0.6) is 0 Å². The average molecular weight is 296 g/mol.